The van der Waals surface area contributed by atoms with Gasteiger partial charge in [-0.2, -0.15) is 0 Å². The van der Waals surface area contributed by atoms with Crippen molar-refractivity contribution in [2.24, 2.45) is 5.92 Å². The highest BCUT2D eigenvalue weighted by atomic mass is 16.5. The van der Waals surface area contributed by atoms with Crippen LogP contribution in [0.25, 0.3) is 0 Å². The lowest BCUT2D eigenvalue weighted by Crippen LogP contribution is -2.48. The number of hydrogen-bond acceptors (Lipinski definition) is 3. The molecule has 1 saturated heterocycles. The summed E-state index contributed by atoms with van der Waals surface area (Å²) in [6.07, 6.45) is 6.00. The Labute approximate surface area is 116 Å². The molecule has 0 bridgehead atoms. The average Bonchev–Trinajstić information content (AvgIpc) is 3.08. The van der Waals surface area contributed by atoms with Crippen LogP contribution in [0.1, 0.15) is 46.0 Å². The Morgan fingerprint density at radius 3 is 2.63 bits per heavy atom. The number of carbonyl (C=O) groups is 1. The van der Waals surface area contributed by atoms with Gasteiger partial charge in [-0.05, 0) is 32.7 Å². The molecule has 0 spiro atoms. The van der Waals surface area contributed by atoms with Crippen molar-refractivity contribution >= 4 is 5.91 Å². The summed E-state index contributed by atoms with van der Waals surface area (Å²) in [5, 5.41) is 3.46. The molecular formula is C15H28N2O2. The summed E-state index contributed by atoms with van der Waals surface area (Å²) in [6.45, 7) is 7.31. The molecule has 1 amide bonds. The monoisotopic (exact) mass is 268 g/mol. The van der Waals surface area contributed by atoms with Crippen LogP contribution < -0.4 is 5.32 Å². The SMILES string of the molecule is CCCNC1COCC1C(=O)N(CC)C1CCCC1. The van der Waals surface area contributed by atoms with Gasteiger partial charge in [0, 0.05) is 18.6 Å². The molecule has 2 unspecified atom stereocenters. The van der Waals surface area contributed by atoms with E-state index in [1.54, 1.807) is 0 Å². The van der Waals surface area contributed by atoms with E-state index in [1.165, 1.54) is 25.7 Å². The number of hydrogen-bond donors (Lipinski definition) is 1. The number of nitrogens with zero attached hydrogens (tertiary/aromatic N) is 1. The van der Waals surface area contributed by atoms with E-state index in [9.17, 15) is 4.79 Å². The van der Waals surface area contributed by atoms with Crippen LogP contribution in [0.5, 0.6) is 0 Å². The van der Waals surface area contributed by atoms with Crippen molar-refractivity contribution in [1.82, 2.24) is 10.2 Å². The molecule has 0 radical (unpaired) electrons. The minimum Gasteiger partial charge on any atom is -0.379 e. The number of carbonyl (C=O) groups excluding carboxylic acids is 1. The molecule has 0 aromatic carbocycles. The van der Waals surface area contributed by atoms with E-state index in [-0.39, 0.29) is 12.0 Å². The quantitative estimate of drug-likeness (QED) is 0.798. The third kappa shape index (κ3) is 3.48. The Hall–Kier alpha value is -0.610. The Kier molecular flexibility index (Phi) is 5.64. The van der Waals surface area contributed by atoms with Crippen LogP contribution >= 0.6 is 0 Å². The molecular weight excluding hydrogens is 240 g/mol. The molecule has 1 aliphatic carbocycles. The van der Waals surface area contributed by atoms with Crippen molar-refractivity contribution in [2.45, 2.75) is 58.0 Å². The lowest BCUT2D eigenvalue weighted by Gasteiger charge is -2.31. The van der Waals surface area contributed by atoms with Gasteiger partial charge in [-0.1, -0.05) is 19.8 Å². The lowest BCUT2D eigenvalue weighted by molar-refractivity contribution is -0.138. The summed E-state index contributed by atoms with van der Waals surface area (Å²) in [6, 6.07) is 0.688. The van der Waals surface area contributed by atoms with Gasteiger partial charge >= 0.3 is 0 Å². The lowest BCUT2D eigenvalue weighted by atomic mass is 10.0. The van der Waals surface area contributed by atoms with Crippen LogP contribution in [-0.4, -0.2) is 49.2 Å². The molecule has 2 aliphatic rings. The Balaban J connectivity index is 1.95. The molecule has 1 heterocycles. The molecule has 19 heavy (non-hydrogen) atoms. The second kappa shape index (κ2) is 7.25. The van der Waals surface area contributed by atoms with Crippen molar-refractivity contribution in [3.63, 3.8) is 0 Å². The van der Waals surface area contributed by atoms with Crippen molar-refractivity contribution in [3.05, 3.63) is 0 Å². The zero-order chi connectivity index (χ0) is 13.7. The fourth-order valence-electron chi connectivity index (χ4n) is 3.35. The fourth-order valence-corrected chi connectivity index (χ4v) is 3.35. The molecule has 1 saturated carbocycles. The first-order valence-corrected chi connectivity index (χ1v) is 7.89. The van der Waals surface area contributed by atoms with Crippen LogP contribution in [0.2, 0.25) is 0 Å². The highest BCUT2D eigenvalue weighted by molar-refractivity contribution is 5.80. The first-order valence-electron chi connectivity index (χ1n) is 7.89. The predicted molar refractivity (Wildman–Crippen MR) is 76.0 cm³/mol. The van der Waals surface area contributed by atoms with Crippen molar-refractivity contribution in [2.75, 3.05) is 26.3 Å². The van der Waals surface area contributed by atoms with Crippen LogP contribution in [-0.2, 0) is 9.53 Å². The fraction of sp³-hybridized carbons (Fsp3) is 0.933. The maximum absolute atomic E-state index is 12.7. The van der Waals surface area contributed by atoms with Gasteiger partial charge in [0.1, 0.15) is 0 Å². The molecule has 4 nitrogen and oxygen atoms in total. The number of ether oxygens (including phenoxy) is 1. The van der Waals surface area contributed by atoms with E-state index in [2.05, 4.69) is 24.1 Å². The van der Waals surface area contributed by atoms with Gasteiger partial charge in [-0.25, -0.2) is 0 Å². The first-order chi connectivity index (χ1) is 9.27. The normalized spacial score (nSPS) is 27.9. The number of rotatable bonds is 6. The largest absolute Gasteiger partial charge is 0.379 e. The molecule has 0 aromatic heterocycles. The van der Waals surface area contributed by atoms with E-state index in [0.717, 1.165) is 19.5 Å². The maximum Gasteiger partial charge on any atom is 0.229 e. The predicted octanol–water partition coefficient (Wildman–Crippen LogP) is 1.79. The second-order valence-corrected chi connectivity index (χ2v) is 5.77. The summed E-state index contributed by atoms with van der Waals surface area (Å²) < 4.78 is 5.54. The molecule has 1 N–H and O–H groups in total. The molecule has 0 aromatic rings. The minimum atomic E-state index is 0.0205. The first kappa shape index (κ1) is 14.8. The Morgan fingerprint density at radius 1 is 1.26 bits per heavy atom. The summed E-state index contributed by atoms with van der Waals surface area (Å²) >= 11 is 0. The third-order valence-corrected chi connectivity index (χ3v) is 4.44. The van der Waals surface area contributed by atoms with Gasteiger partial charge in [0.2, 0.25) is 5.91 Å². The molecule has 1 aliphatic heterocycles. The molecule has 110 valence electrons. The third-order valence-electron chi connectivity index (χ3n) is 4.44. The van der Waals surface area contributed by atoms with E-state index in [4.69, 9.17) is 4.74 Å². The molecule has 2 rings (SSSR count). The van der Waals surface area contributed by atoms with Gasteiger partial charge in [0.05, 0.1) is 19.1 Å². The summed E-state index contributed by atoms with van der Waals surface area (Å²) in [5.41, 5.74) is 0. The average molecular weight is 268 g/mol. The van der Waals surface area contributed by atoms with Gasteiger partial charge in [0.15, 0.2) is 0 Å². The van der Waals surface area contributed by atoms with E-state index in [0.29, 0.717) is 25.2 Å². The number of amides is 1. The van der Waals surface area contributed by atoms with E-state index < -0.39 is 0 Å². The summed E-state index contributed by atoms with van der Waals surface area (Å²) in [4.78, 5) is 14.8. The molecule has 2 fully saturated rings. The Morgan fingerprint density at radius 2 is 2.00 bits per heavy atom. The summed E-state index contributed by atoms with van der Waals surface area (Å²) in [7, 11) is 0. The van der Waals surface area contributed by atoms with Crippen LogP contribution in [0.4, 0.5) is 0 Å². The minimum absolute atomic E-state index is 0.0205. The standard InChI is InChI=1S/C15H28N2O2/c1-3-9-16-14-11-19-10-13(14)15(18)17(4-2)12-7-5-6-8-12/h12-14,16H,3-11H2,1-2H3. The van der Waals surface area contributed by atoms with E-state index in [1.807, 2.05) is 0 Å². The van der Waals surface area contributed by atoms with Gasteiger partial charge in [0.25, 0.3) is 0 Å². The summed E-state index contributed by atoms with van der Waals surface area (Å²) in [5.74, 6) is 0.326. The van der Waals surface area contributed by atoms with Gasteiger partial charge in [-0.3, -0.25) is 4.79 Å². The zero-order valence-electron chi connectivity index (χ0n) is 12.4. The van der Waals surface area contributed by atoms with E-state index >= 15 is 0 Å². The Bertz CT molecular complexity index is 290. The van der Waals surface area contributed by atoms with Crippen LogP contribution in [0.3, 0.4) is 0 Å². The highest BCUT2D eigenvalue weighted by Gasteiger charge is 2.38. The van der Waals surface area contributed by atoms with Gasteiger partial charge in [-0.15, -0.1) is 0 Å². The van der Waals surface area contributed by atoms with Crippen molar-refractivity contribution in [3.8, 4) is 0 Å². The van der Waals surface area contributed by atoms with Crippen LogP contribution in [0, 0.1) is 5.92 Å². The molecule has 4 heteroatoms. The molecule has 2 atom stereocenters. The zero-order valence-corrected chi connectivity index (χ0v) is 12.4. The van der Waals surface area contributed by atoms with Gasteiger partial charge < -0.3 is 15.0 Å². The number of nitrogens with one attached hydrogen (secondary N) is 1. The smallest absolute Gasteiger partial charge is 0.229 e. The van der Waals surface area contributed by atoms with Crippen molar-refractivity contribution < 1.29 is 9.53 Å². The maximum atomic E-state index is 12.7. The second-order valence-electron chi connectivity index (χ2n) is 5.77. The topological polar surface area (TPSA) is 41.6 Å². The van der Waals surface area contributed by atoms with Crippen LogP contribution in [0.15, 0.2) is 0 Å². The van der Waals surface area contributed by atoms with Crippen molar-refractivity contribution in [1.29, 1.82) is 0 Å². The highest BCUT2D eigenvalue weighted by Crippen LogP contribution is 2.26.